The van der Waals surface area contributed by atoms with Crippen LogP contribution in [0.4, 0.5) is 4.79 Å². The van der Waals surface area contributed by atoms with E-state index in [1.54, 1.807) is 37.4 Å². The molecular formula is C27H45N3O4S. The highest BCUT2D eigenvalue weighted by Crippen LogP contribution is 2.25. The molecule has 35 heavy (non-hydrogen) atoms. The Bertz CT molecular complexity index is 806. The molecule has 0 saturated heterocycles. The number of nitrogens with zero attached hydrogens (tertiary/aromatic N) is 1. The lowest BCUT2D eigenvalue weighted by molar-refractivity contribution is -0.142. The summed E-state index contributed by atoms with van der Waals surface area (Å²) < 4.78 is 5.43. The van der Waals surface area contributed by atoms with Gasteiger partial charge in [0.15, 0.2) is 0 Å². The Hall–Kier alpha value is -2.22. The van der Waals surface area contributed by atoms with Gasteiger partial charge in [0.1, 0.15) is 17.7 Å². The van der Waals surface area contributed by atoms with Crippen LogP contribution in [-0.2, 0) is 14.3 Å². The highest BCUT2D eigenvalue weighted by molar-refractivity contribution is 7.98. The Balaban J connectivity index is 3.41. The molecule has 0 aliphatic carbocycles. The molecule has 0 spiro atoms. The maximum Gasteiger partial charge on any atom is 0.408 e. The zero-order valence-corrected chi connectivity index (χ0v) is 23.6. The maximum absolute atomic E-state index is 14.0. The van der Waals surface area contributed by atoms with Crippen LogP contribution < -0.4 is 10.6 Å². The molecule has 0 fully saturated rings. The summed E-state index contributed by atoms with van der Waals surface area (Å²) in [6.45, 7) is 13.7. The van der Waals surface area contributed by atoms with Crippen LogP contribution in [0.25, 0.3) is 0 Å². The number of unbranched alkanes of at least 4 members (excludes halogenated alkanes) is 2. The first-order chi connectivity index (χ1) is 16.4. The third-order valence-corrected chi connectivity index (χ3v) is 5.91. The van der Waals surface area contributed by atoms with Gasteiger partial charge in [-0.1, -0.05) is 49.6 Å². The highest BCUT2D eigenvalue weighted by Gasteiger charge is 2.36. The van der Waals surface area contributed by atoms with Gasteiger partial charge in [-0.05, 0) is 72.0 Å². The quantitative estimate of drug-likeness (QED) is 0.357. The number of thioether (sulfide) groups is 1. The number of alkyl carbamates (subject to hydrolysis) is 1. The average Bonchev–Trinajstić information content (AvgIpc) is 2.75. The number of aryl methyl sites for hydroxylation is 1. The molecule has 198 valence electrons. The fourth-order valence-corrected chi connectivity index (χ4v) is 4.10. The summed E-state index contributed by atoms with van der Waals surface area (Å²) in [7, 11) is 0. The summed E-state index contributed by atoms with van der Waals surface area (Å²) >= 11 is 1.60. The van der Waals surface area contributed by atoms with Crippen LogP contribution in [0.3, 0.4) is 0 Å². The Morgan fingerprint density at radius 2 is 1.69 bits per heavy atom. The smallest absolute Gasteiger partial charge is 0.408 e. The van der Waals surface area contributed by atoms with Crippen LogP contribution in [0.15, 0.2) is 24.3 Å². The van der Waals surface area contributed by atoms with Gasteiger partial charge in [-0.3, -0.25) is 9.59 Å². The van der Waals surface area contributed by atoms with Crippen molar-refractivity contribution in [2.75, 3.05) is 18.6 Å². The van der Waals surface area contributed by atoms with Crippen LogP contribution in [0.5, 0.6) is 0 Å². The molecule has 2 unspecified atom stereocenters. The molecule has 0 heterocycles. The number of nitrogens with one attached hydrogen (secondary N) is 2. The van der Waals surface area contributed by atoms with E-state index in [0.717, 1.165) is 30.4 Å². The number of hydrogen-bond acceptors (Lipinski definition) is 5. The van der Waals surface area contributed by atoms with E-state index in [9.17, 15) is 14.4 Å². The molecule has 3 amide bonds. The molecule has 2 N–H and O–H groups in total. The topological polar surface area (TPSA) is 87.7 Å². The van der Waals surface area contributed by atoms with E-state index in [-0.39, 0.29) is 17.9 Å². The van der Waals surface area contributed by atoms with E-state index in [4.69, 9.17) is 4.74 Å². The number of carbonyl (C=O) groups excluding carboxylic acids is 3. The first-order valence-electron chi connectivity index (χ1n) is 12.6. The van der Waals surface area contributed by atoms with Crippen molar-refractivity contribution in [3.05, 3.63) is 35.4 Å². The number of ether oxygens (including phenoxy) is 1. The normalized spacial score (nSPS) is 13.2. The van der Waals surface area contributed by atoms with Crippen LogP contribution >= 0.6 is 11.8 Å². The molecule has 0 aromatic heterocycles. The molecule has 8 heteroatoms. The van der Waals surface area contributed by atoms with Crippen molar-refractivity contribution < 1.29 is 19.1 Å². The third-order valence-electron chi connectivity index (χ3n) is 5.27. The van der Waals surface area contributed by atoms with Crippen molar-refractivity contribution >= 4 is 29.7 Å². The second-order valence-corrected chi connectivity index (χ2v) is 11.2. The zero-order chi connectivity index (χ0) is 26.6. The Labute approximate surface area is 216 Å². The van der Waals surface area contributed by atoms with Crippen LogP contribution in [0.1, 0.15) is 84.4 Å². The molecule has 0 bridgehead atoms. The molecule has 1 aromatic rings. The van der Waals surface area contributed by atoms with Crippen LogP contribution in [0, 0.1) is 6.92 Å². The van der Waals surface area contributed by atoms with Gasteiger partial charge >= 0.3 is 6.09 Å². The van der Waals surface area contributed by atoms with E-state index in [0.29, 0.717) is 18.7 Å². The minimum absolute atomic E-state index is 0.0739. The minimum atomic E-state index is -0.793. The van der Waals surface area contributed by atoms with Crippen molar-refractivity contribution in [2.24, 2.45) is 0 Å². The molecule has 1 rings (SSSR count). The summed E-state index contributed by atoms with van der Waals surface area (Å²) in [6.07, 6.45) is 4.45. The van der Waals surface area contributed by atoms with E-state index >= 15 is 0 Å². The fraction of sp³-hybridized carbons (Fsp3) is 0.667. The molecule has 0 aliphatic heterocycles. The molecule has 0 saturated carbocycles. The fourth-order valence-electron chi connectivity index (χ4n) is 3.63. The minimum Gasteiger partial charge on any atom is -0.444 e. The number of carbonyl (C=O) groups is 3. The summed E-state index contributed by atoms with van der Waals surface area (Å²) in [4.78, 5) is 41.7. The predicted molar refractivity (Wildman–Crippen MR) is 145 cm³/mol. The van der Waals surface area contributed by atoms with Crippen molar-refractivity contribution in [1.82, 2.24) is 15.5 Å². The third kappa shape index (κ3) is 11.4. The second-order valence-electron chi connectivity index (χ2n) is 10.2. The maximum atomic E-state index is 14.0. The van der Waals surface area contributed by atoms with Crippen molar-refractivity contribution in [1.29, 1.82) is 0 Å². The van der Waals surface area contributed by atoms with E-state index < -0.39 is 23.8 Å². The Morgan fingerprint density at radius 1 is 1.06 bits per heavy atom. The lowest BCUT2D eigenvalue weighted by Crippen LogP contribution is -2.53. The molecular weight excluding hydrogens is 462 g/mol. The summed E-state index contributed by atoms with van der Waals surface area (Å²) in [5, 5.41) is 5.76. The van der Waals surface area contributed by atoms with Crippen molar-refractivity contribution in [3.63, 3.8) is 0 Å². The highest BCUT2D eigenvalue weighted by atomic mass is 32.2. The van der Waals surface area contributed by atoms with Gasteiger partial charge in [0.2, 0.25) is 11.8 Å². The number of benzene rings is 1. The van der Waals surface area contributed by atoms with Crippen LogP contribution in [-0.4, -0.2) is 59.0 Å². The average molecular weight is 508 g/mol. The van der Waals surface area contributed by atoms with Gasteiger partial charge in [-0.25, -0.2) is 4.79 Å². The summed E-state index contributed by atoms with van der Waals surface area (Å²) in [5.41, 5.74) is 1.14. The number of amides is 3. The first-order valence-corrected chi connectivity index (χ1v) is 13.9. The molecule has 0 aliphatic rings. The van der Waals surface area contributed by atoms with Crippen molar-refractivity contribution in [3.8, 4) is 0 Å². The zero-order valence-electron chi connectivity index (χ0n) is 22.8. The lowest BCUT2D eigenvalue weighted by atomic mass is 10.00. The standard InChI is InChI=1S/C27H45N3O4S/c1-9-10-11-17-30(23(24(31)28-19(2)3)21-14-12-20(4)13-15-21)25(32)22(16-18-35-8)29-26(33)34-27(5,6)7/h12-15,19,22-23H,9-11,16-18H2,1-8H3,(H,28,31)(H,29,33). The van der Waals surface area contributed by atoms with Gasteiger partial charge < -0.3 is 20.3 Å². The monoisotopic (exact) mass is 507 g/mol. The van der Waals surface area contributed by atoms with E-state index in [1.807, 2.05) is 51.3 Å². The number of hydrogen-bond donors (Lipinski definition) is 2. The van der Waals surface area contributed by atoms with Crippen molar-refractivity contribution in [2.45, 2.75) is 97.9 Å². The van der Waals surface area contributed by atoms with Gasteiger partial charge in [-0.2, -0.15) is 11.8 Å². The summed E-state index contributed by atoms with van der Waals surface area (Å²) in [5.74, 6) is 0.183. The van der Waals surface area contributed by atoms with Gasteiger partial charge in [-0.15, -0.1) is 0 Å². The van der Waals surface area contributed by atoms with Gasteiger partial charge in [0.25, 0.3) is 0 Å². The van der Waals surface area contributed by atoms with Gasteiger partial charge in [0.05, 0.1) is 0 Å². The Morgan fingerprint density at radius 3 is 2.20 bits per heavy atom. The molecule has 0 radical (unpaired) electrons. The lowest BCUT2D eigenvalue weighted by Gasteiger charge is -2.35. The summed E-state index contributed by atoms with van der Waals surface area (Å²) in [6, 6.07) is 6.04. The van der Waals surface area contributed by atoms with Crippen LogP contribution in [0.2, 0.25) is 0 Å². The first kappa shape index (κ1) is 30.8. The predicted octanol–water partition coefficient (Wildman–Crippen LogP) is 5.23. The SMILES string of the molecule is CCCCCN(C(=O)C(CCSC)NC(=O)OC(C)(C)C)C(C(=O)NC(C)C)c1ccc(C)cc1. The Kier molecular flexibility index (Phi) is 13.2. The second kappa shape index (κ2) is 15.0. The largest absolute Gasteiger partial charge is 0.444 e. The van der Waals surface area contributed by atoms with E-state index in [2.05, 4.69) is 17.6 Å². The molecule has 7 nitrogen and oxygen atoms in total. The molecule has 2 atom stereocenters. The molecule has 1 aromatic carbocycles. The van der Waals surface area contributed by atoms with E-state index in [1.165, 1.54) is 0 Å². The number of rotatable bonds is 13. The van der Waals surface area contributed by atoms with Gasteiger partial charge in [0, 0.05) is 12.6 Å².